The van der Waals surface area contributed by atoms with Crippen molar-refractivity contribution < 1.29 is 9.90 Å². The Labute approximate surface area is 79.0 Å². The summed E-state index contributed by atoms with van der Waals surface area (Å²) in [6.07, 6.45) is 3.23. The van der Waals surface area contributed by atoms with Gasteiger partial charge in [0, 0.05) is 6.20 Å². The third kappa shape index (κ3) is 1.32. The molecule has 0 fully saturated rings. The summed E-state index contributed by atoms with van der Waals surface area (Å²) in [5.74, 6) is -0.617. The average Bonchev–Trinajstić information content (AvgIpc) is 2.46. The quantitative estimate of drug-likeness (QED) is 0.636. The van der Waals surface area contributed by atoms with Crippen LogP contribution >= 0.6 is 11.6 Å². The zero-order chi connectivity index (χ0) is 9.42. The van der Waals surface area contributed by atoms with E-state index in [0.717, 1.165) is 0 Å². The van der Waals surface area contributed by atoms with Gasteiger partial charge in [0.25, 0.3) is 0 Å². The number of aliphatic imine (C=N–C) groups is 1. The molecule has 0 bridgehead atoms. The van der Waals surface area contributed by atoms with Crippen LogP contribution in [-0.4, -0.2) is 27.8 Å². The van der Waals surface area contributed by atoms with Crippen LogP contribution in [0.15, 0.2) is 28.7 Å². The summed E-state index contributed by atoms with van der Waals surface area (Å²) < 4.78 is 0. The lowest BCUT2D eigenvalue weighted by molar-refractivity contribution is -0.132. The van der Waals surface area contributed by atoms with Gasteiger partial charge < -0.3 is 5.11 Å². The second-order valence-electron chi connectivity index (χ2n) is 2.56. The molecule has 13 heavy (non-hydrogen) atoms. The maximum absolute atomic E-state index is 10.7. The van der Waals surface area contributed by atoms with Crippen LogP contribution in [-0.2, 0) is 4.79 Å². The molecule has 0 amide bonds. The second-order valence-corrected chi connectivity index (χ2v) is 2.95. The fraction of sp³-hybridized carbons (Fsp3) is 0.143. The van der Waals surface area contributed by atoms with E-state index in [1.807, 2.05) is 0 Å². The first-order valence-electron chi connectivity index (χ1n) is 3.60. The van der Waals surface area contributed by atoms with Crippen LogP contribution < -0.4 is 5.43 Å². The summed E-state index contributed by atoms with van der Waals surface area (Å²) in [6, 6.07) is 0. The molecule has 0 aromatic carbocycles. The lowest BCUT2D eigenvalue weighted by Gasteiger charge is -2.16. The largest absolute Gasteiger partial charge is 0.478 e. The van der Waals surface area contributed by atoms with Crippen molar-refractivity contribution in [2.45, 2.75) is 0 Å². The van der Waals surface area contributed by atoms with Crippen molar-refractivity contribution in [3.63, 3.8) is 0 Å². The highest BCUT2D eigenvalue weighted by molar-refractivity contribution is 6.68. The Bertz CT molecular complexity index is 359. The first-order valence-corrected chi connectivity index (χ1v) is 3.98. The normalized spacial score (nSPS) is 20.4. The first kappa shape index (κ1) is 8.28. The Morgan fingerprint density at radius 2 is 2.54 bits per heavy atom. The van der Waals surface area contributed by atoms with Gasteiger partial charge in [0.05, 0.1) is 12.1 Å². The standard InChI is InChI=1S/C7H6ClN3O2/c8-5-1-2-11-6(10-5)4(3-9-11)7(12)13/h1-2,9H,3H2,(H,12,13). The van der Waals surface area contributed by atoms with E-state index in [0.29, 0.717) is 5.82 Å². The summed E-state index contributed by atoms with van der Waals surface area (Å²) >= 11 is 5.63. The van der Waals surface area contributed by atoms with E-state index < -0.39 is 5.97 Å². The molecule has 2 aliphatic rings. The topological polar surface area (TPSA) is 64.9 Å². The molecule has 0 aromatic rings. The molecule has 2 aliphatic heterocycles. The van der Waals surface area contributed by atoms with Gasteiger partial charge in [0.15, 0.2) is 5.82 Å². The lowest BCUT2D eigenvalue weighted by atomic mass is 10.3. The van der Waals surface area contributed by atoms with Crippen LogP contribution in [0.25, 0.3) is 0 Å². The first-order chi connectivity index (χ1) is 6.18. The van der Waals surface area contributed by atoms with Gasteiger partial charge >= 0.3 is 5.97 Å². The number of carboxylic acid groups (broad SMARTS) is 1. The van der Waals surface area contributed by atoms with E-state index in [1.165, 1.54) is 5.01 Å². The number of fused-ring (bicyclic) bond motifs is 1. The van der Waals surface area contributed by atoms with Gasteiger partial charge in [-0.2, -0.15) is 0 Å². The van der Waals surface area contributed by atoms with Crippen LogP contribution in [0.2, 0.25) is 0 Å². The minimum absolute atomic E-state index is 0.225. The van der Waals surface area contributed by atoms with Gasteiger partial charge in [0.1, 0.15) is 5.17 Å². The molecular formula is C7H6ClN3O2. The van der Waals surface area contributed by atoms with Gasteiger partial charge in [-0.3, -0.25) is 5.01 Å². The number of hydrazine groups is 1. The zero-order valence-electron chi connectivity index (χ0n) is 6.49. The zero-order valence-corrected chi connectivity index (χ0v) is 7.25. The molecule has 0 aliphatic carbocycles. The number of nitrogens with zero attached hydrogens (tertiary/aromatic N) is 2. The minimum atomic E-state index is -0.978. The molecule has 5 nitrogen and oxygen atoms in total. The highest BCUT2D eigenvalue weighted by Gasteiger charge is 2.26. The third-order valence-electron chi connectivity index (χ3n) is 1.76. The Kier molecular flexibility index (Phi) is 1.82. The molecule has 6 heteroatoms. The molecular weight excluding hydrogens is 194 g/mol. The lowest BCUT2D eigenvalue weighted by Crippen LogP contribution is -2.27. The molecule has 68 valence electrons. The smallest absolute Gasteiger partial charge is 0.336 e. The molecule has 2 rings (SSSR count). The number of hydrogen-bond donors (Lipinski definition) is 2. The third-order valence-corrected chi connectivity index (χ3v) is 1.97. The van der Waals surface area contributed by atoms with Crippen molar-refractivity contribution in [1.82, 2.24) is 10.4 Å². The van der Waals surface area contributed by atoms with E-state index >= 15 is 0 Å². The molecule has 0 spiro atoms. The van der Waals surface area contributed by atoms with Crippen LogP contribution in [0.3, 0.4) is 0 Å². The Morgan fingerprint density at radius 3 is 3.23 bits per heavy atom. The van der Waals surface area contributed by atoms with E-state index in [9.17, 15) is 4.79 Å². The monoisotopic (exact) mass is 199 g/mol. The van der Waals surface area contributed by atoms with Crippen LogP contribution in [0.4, 0.5) is 0 Å². The fourth-order valence-corrected chi connectivity index (χ4v) is 1.29. The van der Waals surface area contributed by atoms with Crippen LogP contribution in [0, 0.1) is 0 Å². The molecule has 0 saturated carbocycles. The summed E-state index contributed by atoms with van der Waals surface area (Å²) in [6.45, 7) is 0.267. The molecule has 0 unspecified atom stereocenters. The molecule has 0 atom stereocenters. The van der Waals surface area contributed by atoms with Crippen molar-refractivity contribution in [3.05, 3.63) is 23.7 Å². The summed E-state index contributed by atoms with van der Waals surface area (Å²) in [5, 5.41) is 10.6. The van der Waals surface area contributed by atoms with E-state index in [2.05, 4.69) is 10.4 Å². The highest BCUT2D eigenvalue weighted by Crippen LogP contribution is 2.21. The maximum atomic E-state index is 10.7. The number of rotatable bonds is 1. The molecule has 0 aromatic heterocycles. The van der Waals surface area contributed by atoms with Crippen molar-refractivity contribution in [2.24, 2.45) is 4.99 Å². The highest BCUT2D eigenvalue weighted by atomic mass is 35.5. The number of aliphatic carboxylic acids is 1. The Hall–Kier alpha value is -1.33. The second kappa shape index (κ2) is 2.86. The number of hydrogen-bond acceptors (Lipinski definition) is 4. The van der Waals surface area contributed by atoms with Crippen LogP contribution in [0.1, 0.15) is 0 Å². The summed E-state index contributed by atoms with van der Waals surface area (Å²) in [7, 11) is 0. The van der Waals surface area contributed by atoms with Crippen molar-refractivity contribution in [3.8, 4) is 0 Å². The van der Waals surface area contributed by atoms with E-state index in [-0.39, 0.29) is 17.3 Å². The number of nitrogens with one attached hydrogen (secondary N) is 1. The van der Waals surface area contributed by atoms with E-state index in [4.69, 9.17) is 16.7 Å². The number of allylic oxidation sites excluding steroid dienone is 1. The summed E-state index contributed by atoms with van der Waals surface area (Å²) in [4.78, 5) is 14.6. The van der Waals surface area contributed by atoms with Gasteiger partial charge in [0.2, 0.25) is 0 Å². The molecule has 0 radical (unpaired) electrons. The number of carboxylic acids is 1. The Morgan fingerprint density at radius 1 is 1.77 bits per heavy atom. The molecule has 2 heterocycles. The SMILES string of the molecule is O=C(O)C1=C2N=C(Cl)C=CN2NC1. The maximum Gasteiger partial charge on any atom is 0.336 e. The fourth-order valence-electron chi connectivity index (χ4n) is 1.15. The van der Waals surface area contributed by atoms with Gasteiger partial charge in [-0.25, -0.2) is 15.2 Å². The average molecular weight is 200 g/mol. The predicted molar refractivity (Wildman–Crippen MR) is 46.9 cm³/mol. The van der Waals surface area contributed by atoms with Crippen LogP contribution in [0.5, 0.6) is 0 Å². The number of carbonyl (C=O) groups is 1. The van der Waals surface area contributed by atoms with Gasteiger partial charge in [-0.05, 0) is 6.08 Å². The predicted octanol–water partition coefficient (Wildman–Crippen LogP) is 0.267. The van der Waals surface area contributed by atoms with Crippen molar-refractivity contribution in [2.75, 3.05) is 6.54 Å². The Balaban J connectivity index is 2.43. The van der Waals surface area contributed by atoms with Crippen molar-refractivity contribution in [1.29, 1.82) is 0 Å². The van der Waals surface area contributed by atoms with E-state index in [1.54, 1.807) is 12.3 Å². The minimum Gasteiger partial charge on any atom is -0.478 e. The number of halogens is 1. The van der Waals surface area contributed by atoms with Crippen molar-refractivity contribution >= 4 is 22.7 Å². The summed E-state index contributed by atoms with van der Waals surface area (Å²) in [5.41, 5.74) is 3.06. The molecule has 0 saturated heterocycles. The van der Waals surface area contributed by atoms with Gasteiger partial charge in [-0.1, -0.05) is 11.6 Å². The molecule has 2 N–H and O–H groups in total. The van der Waals surface area contributed by atoms with Gasteiger partial charge in [-0.15, -0.1) is 0 Å².